The van der Waals surface area contributed by atoms with E-state index in [1.165, 1.54) is 6.07 Å². The molecule has 0 bridgehead atoms. The third-order valence-corrected chi connectivity index (χ3v) is 3.12. The van der Waals surface area contributed by atoms with Gasteiger partial charge in [-0.2, -0.15) is 0 Å². The summed E-state index contributed by atoms with van der Waals surface area (Å²) in [6.45, 7) is 1.17. The Morgan fingerprint density at radius 1 is 1.24 bits per heavy atom. The van der Waals surface area contributed by atoms with Crippen LogP contribution in [0, 0.1) is 5.82 Å². The van der Waals surface area contributed by atoms with Crippen LogP contribution in [0.1, 0.15) is 11.3 Å². The van der Waals surface area contributed by atoms with E-state index in [0.717, 1.165) is 17.7 Å². The largest absolute Gasteiger partial charge is 0.347 e. The first-order valence-corrected chi connectivity index (χ1v) is 5.87. The Bertz CT molecular complexity index is 508. The van der Waals surface area contributed by atoms with Gasteiger partial charge >= 0.3 is 0 Å². The number of rotatable bonds is 4. The molecule has 0 spiro atoms. The van der Waals surface area contributed by atoms with E-state index in [-0.39, 0.29) is 10.8 Å². The zero-order valence-electron chi connectivity index (χ0n) is 9.37. The van der Waals surface area contributed by atoms with Gasteiger partial charge in [-0.25, -0.2) is 4.39 Å². The standard InChI is InChI=1S/C13H14ClFN2/c14-13-10(3-1-5-12(13)15)9-17-8-2-4-11(17)6-7-16/h1-5,8H,6-7,9,16H2. The van der Waals surface area contributed by atoms with Crippen LogP contribution in [0.15, 0.2) is 36.5 Å². The van der Waals surface area contributed by atoms with Gasteiger partial charge in [0.2, 0.25) is 0 Å². The van der Waals surface area contributed by atoms with E-state index >= 15 is 0 Å². The quantitative estimate of drug-likeness (QED) is 0.891. The minimum absolute atomic E-state index is 0.194. The maximum Gasteiger partial charge on any atom is 0.142 e. The van der Waals surface area contributed by atoms with Gasteiger partial charge in [-0.1, -0.05) is 23.7 Å². The topological polar surface area (TPSA) is 30.9 Å². The van der Waals surface area contributed by atoms with Gasteiger partial charge in [-0.05, 0) is 36.7 Å². The Labute approximate surface area is 105 Å². The van der Waals surface area contributed by atoms with Crippen molar-refractivity contribution in [2.45, 2.75) is 13.0 Å². The first-order valence-electron chi connectivity index (χ1n) is 5.49. The predicted molar refractivity (Wildman–Crippen MR) is 67.7 cm³/mol. The van der Waals surface area contributed by atoms with Crippen molar-refractivity contribution in [2.75, 3.05) is 6.54 Å². The second-order valence-corrected chi connectivity index (χ2v) is 4.26. The van der Waals surface area contributed by atoms with E-state index in [4.69, 9.17) is 17.3 Å². The minimum atomic E-state index is -0.378. The molecule has 0 unspecified atom stereocenters. The zero-order chi connectivity index (χ0) is 12.3. The third-order valence-electron chi connectivity index (χ3n) is 2.70. The van der Waals surface area contributed by atoms with Crippen LogP contribution in [-0.2, 0) is 13.0 Å². The Morgan fingerprint density at radius 3 is 2.82 bits per heavy atom. The first-order chi connectivity index (χ1) is 8.22. The Balaban J connectivity index is 2.25. The number of halogens is 2. The molecule has 0 aliphatic carbocycles. The molecule has 4 heteroatoms. The maximum absolute atomic E-state index is 13.3. The van der Waals surface area contributed by atoms with Crippen molar-refractivity contribution in [1.29, 1.82) is 0 Å². The van der Waals surface area contributed by atoms with Crippen molar-refractivity contribution in [3.8, 4) is 0 Å². The van der Waals surface area contributed by atoms with Crippen LogP contribution in [0.25, 0.3) is 0 Å². The highest BCUT2D eigenvalue weighted by Crippen LogP contribution is 2.21. The average molecular weight is 253 g/mol. The van der Waals surface area contributed by atoms with Gasteiger partial charge in [0.25, 0.3) is 0 Å². The molecule has 1 heterocycles. The fourth-order valence-corrected chi connectivity index (χ4v) is 2.02. The summed E-state index contributed by atoms with van der Waals surface area (Å²) >= 11 is 5.93. The molecular weight excluding hydrogens is 239 g/mol. The van der Waals surface area contributed by atoms with Crippen molar-refractivity contribution in [3.63, 3.8) is 0 Å². The van der Waals surface area contributed by atoms with Gasteiger partial charge in [0.15, 0.2) is 0 Å². The second kappa shape index (κ2) is 5.34. The van der Waals surface area contributed by atoms with Gasteiger partial charge in [-0.15, -0.1) is 0 Å². The van der Waals surface area contributed by atoms with Crippen molar-refractivity contribution >= 4 is 11.6 Å². The number of hydrogen-bond donors (Lipinski definition) is 1. The van der Waals surface area contributed by atoms with E-state index in [0.29, 0.717) is 13.1 Å². The zero-order valence-corrected chi connectivity index (χ0v) is 10.1. The summed E-state index contributed by atoms with van der Waals surface area (Å²) in [5, 5.41) is 0.194. The monoisotopic (exact) mass is 252 g/mol. The summed E-state index contributed by atoms with van der Waals surface area (Å²) < 4.78 is 15.3. The Hall–Kier alpha value is -1.32. The molecular formula is C13H14ClFN2. The summed E-state index contributed by atoms with van der Waals surface area (Å²) in [5.74, 6) is -0.378. The van der Waals surface area contributed by atoms with Crippen LogP contribution in [-0.4, -0.2) is 11.1 Å². The molecule has 2 aromatic rings. The van der Waals surface area contributed by atoms with E-state index in [2.05, 4.69) is 0 Å². The fourth-order valence-electron chi connectivity index (χ4n) is 1.83. The highest BCUT2D eigenvalue weighted by molar-refractivity contribution is 6.31. The predicted octanol–water partition coefficient (Wildman–Crippen LogP) is 2.83. The molecule has 0 saturated heterocycles. The normalized spacial score (nSPS) is 10.8. The number of hydrogen-bond acceptors (Lipinski definition) is 1. The number of benzene rings is 1. The molecule has 0 amide bonds. The molecule has 0 fully saturated rings. The minimum Gasteiger partial charge on any atom is -0.347 e. The molecule has 2 N–H and O–H groups in total. The van der Waals surface area contributed by atoms with E-state index in [1.54, 1.807) is 6.07 Å². The molecule has 1 aromatic heterocycles. The molecule has 17 heavy (non-hydrogen) atoms. The molecule has 0 aliphatic heterocycles. The molecule has 2 rings (SSSR count). The smallest absolute Gasteiger partial charge is 0.142 e. The van der Waals surface area contributed by atoms with E-state index < -0.39 is 0 Å². The number of aromatic nitrogens is 1. The van der Waals surface area contributed by atoms with Crippen LogP contribution < -0.4 is 5.73 Å². The maximum atomic E-state index is 13.3. The summed E-state index contributed by atoms with van der Waals surface area (Å²) in [7, 11) is 0. The Morgan fingerprint density at radius 2 is 2.06 bits per heavy atom. The van der Waals surface area contributed by atoms with Gasteiger partial charge in [0.1, 0.15) is 5.82 Å². The average Bonchev–Trinajstić information content (AvgIpc) is 2.73. The number of nitrogens with two attached hydrogens (primary N) is 1. The Kier molecular flexibility index (Phi) is 3.82. The lowest BCUT2D eigenvalue weighted by Gasteiger charge is -2.10. The number of nitrogens with zero attached hydrogens (tertiary/aromatic N) is 1. The van der Waals surface area contributed by atoms with Gasteiger partial charge in [0, 0.05) is 18.4 Å². The highest BCUT2D eigenvalue weighted by Gasteiger charge is 2.07. The van der Waals surface area contributed by atoms with Gasteiger partial charge < -0.3 is 10.3 Å². The summed E-state index contributed by atoms with van der Waals surface area (Å²) in [6.07, 6.45) is 2.76. The fraction of sp³-hybridized carbons (Fsp3) is 0.231. The second-order valence-electron chi connectivity index (χ2n) is 3.88. The molecule has 1 aromatic carbocycles. The molecule has 0 saturated carbocycles. The summed E-state index contributed by atoms with van der Waals surface area (Å²) in [5.41, 5.74) is 7.45. The lowest BCUT2D eigenvalue weighted by Crippen LogP contribution is -2.09. The molecule has 90 valence electrons. The van der Waals surface area contributed by atoms with E-state index in [1.807, 2.05) is 29.0 Å². The van der Waals surface area contributed by atoms with E-state index in [9.17, 15) is 4.39 Å². The molecule has 0 atom stereocenters. The van der Waals surface area contributed by atoms with Gasteiger partial charge in [-0.3, -0.25) is 0 Å². The van der Waals surface area contributed by atoms with Crippen molar-refractivity contribution in [2.24, 2.45) is 5.73 Å². The van der Waals surface area contributed by atoms with Crippen molar-refractivity contribution < 1.29 is 4.39 Å². The van der Waals surface area contributed by atoms with Crippen LogP contribution in [0.5, 0.6) is 0 Å². The van der Waals surface area contributed by atoms with Crippen molar-refractivity contribution in [3.05, 3.63) is 58.6 Å². The summed E-state index contributed by atoms with van der Waals surface area (Å²) in [6, 6.07) is 8.83. The molecule has 0 aliphatic rings. The van der Waals surface area contributed by atoms with Crippen LogP contribution in [0.2, 0.25) is 5.02 Å². The molecule has 0 radical (unpaired) electrons. The van der Waals surface area contributed by atoms with Crippen LogP contribution in [0.3, 0.4) is 0 Å². The van der Waals surface area contributed by atoms with Crippen molar-refractivity contribution in [1.82, 2.24) is 4.57 Å². The molecule has 2 nitrogen and oxygen atoms in total. The lowest BCUT2D eigenvalue weighted by atomic mass is 10.2. The first kappa shape index (κ1) is 12.1. The van der Waals surface area contributed by atoms with Gasteiger partial charge in [0.05, 0.1) is 5.02 Å². The van der Waals surface area contributed by atoms with Crippen LogP contribution >= 0.6 is 11.6 Å². The third kappa shape index (κ3) is 2.68. The lowest BCUT2D eigenvalue weighted by molar-refractivity contribution is 0.623. The summed E-state index contributed by atoms with van der Waals surface area (Å²) in [4.78, 5) is 0. The highest BCUT2D eigenvalue weighted by atomic mass is 35.5. The van der Waals surface area contributed by atoms with Crippen LogP contribution in [0.4, 0.5) is 4.39 Å². The SMILES string of the molecule is NCCc1cccn1Cc1cccc(F)c1Cl.